The molecule has 0 heterocycles. The van der Waals surface area contributed by atoms with E-state index in [9.17, 15) is 0 Å². The summed E-state index contributed by atoms with van der Waals surface area (Å²) in [7, 11) is 0. The largest absolute Gasteiger partial charge is 0.257 e. The lowest BCUT2D eigenvalue weighted by Gasteiger charge is -1.96. The van der Waals surface area contributed by atoms with Gasteiger partial charge in [0.05, 0.1) is 0 Å². The van der Waals surface area contributed by atoms with Crippen molar-refractivity contribution in [2.75, 3.05) is 0 Å². The molecule has 0 spiro atoms. The Labute approximate surface area is 78.1 Å². The van der Waals surface area contributed by atoms with E-state index in [-0.39, 0.29) is 0 Å². The van der Waals surface area contributed by atoms with E-state index in [1.165, 1.54) is 0 Å². The number of nitrogens with zero attached hydrogens (tertiary/aromatic N) is 1. The normalized spacial score (nSPS) is 9.92. The molecular formula is C11H12N2. The molecule has 0 amide bonds. The van der Waals surface area contributed by atoms with Crippen molar-refractivity contribution in [3.05, 3.63) is 35.9 Å². The minimum Gasteiger partial charge on any atom is -0.257 e. The molecule has 1 aromatic rings. The van der Waals surface area contributed by atoms with Gasteiger partial charge in [0.2, 0.25) is 0 Å². The molecule has 0 saturated heterocycles. The molecule has 0 fully saturated rings. The Kier molecular flexibility index (Phi) is 3.68. The molecule has 0 saturated carbocycles. The fourth-order valence-electron chi connectivity index (χ4n) is 0.958. The van der Waals surface area contributed by atoms with E-state index >= 15 is 0 Å². The monoisotopic (exact) mass is 172 g/mol. The van der Waals surface area contributed by atoms with Crippen LogP contribution in [0.4, 0.5) is 0 Å². The summed E-state index contributed by atoms with van der Waals surface area (Å²) < 4.78 is 0. The Bertz CT molecular complexity index is 332. The third-order valence-electron chi connectivity index (χ3n) is 1.57. The van der Waals surface area contributed by atoms with Gasteiger partial charge in [0.1, 0.15) is 5.70 Å². The predicted molar refractivity (Wildman–Crippen MR) is 56.4 cm³/mol. The van der Waals surface area contributed by atoms with Crippen LogP contribution in [0.2, 0.25) is 0 Å². The van der Waals surface area contributed by atoms with Crippen molar-refractivity contribution in [3.63, 3.8) is 0 Å². The molecule has 2 heteroatoms. The van der Waals surface area contributed by atoms with Crippen molar-refractivity contribution < 1.29 is 0 Å². The Morgan fingerprint density at radius 1 is 1.46 bits per heavy atom. The fraction of sp³-hybridized carbons (Fsp3) is 0.182. The molecular weight excluding hydrogens is 160 g/mol. The van der Waals surface area contributed by atoms with Gasteiger partial charge < -0.3 is 0 Å². The minimum atomic E-state index is 0.586. The number of aliphatic imine (C=N–C) groups is 1. The first-order chi connectivity index (χ1) is 6.38. The number of nitrogens with one attached hydrogen (secondary N) is 1. The zero-order valence-electron chi connectivity index (χ0n) is 7.62. The lowest BCUT2D eigenvalue weighted by Crippen LogP contribution is -1.81. The van der Waals surface area contributed by atoms with E-state index in [4.69, 9.17) is 5.41 Å². The van der Waals surface area contributed by atoms with Crippen LogP contribution in [0.15, 0.2) is 35.3 Å². The van der Waals surface area contributed by atoms with Crippen LogP contribution < -0.4 is 0 Å². The number of benzene rings is 1. The second-order valence-electron chi connectivity index (χ2n) is 2.56. The Balaban J connectivity index is 2.93. The van der Waals surface area contributed by atoms with Gasteiger partial charge in [-0.1, -0.05) is 37.3 Å². The zero-order valence-corrected chi connectivity index (χ0v) is 7.62. The molecule has 2 nitrogen and oxygen atoms in total. The first kappa shape index (κ1) is 9.43. The van der Waals surface area contributed by atoms with Crippen LogP contribution >= 0.6 is 0 Å². The van der Waals surface area contributed by atoms with Gasteiger partial charge in [0.25, 0.3) is 0 Å². The first-order valence-corrected chi connectivity index (χ1v) is 4.26. The molecule has 66 valence electrons. The van der Waals surface area contributed by atoms with Gasteiger partial charge in [-0.3, -0.25) is 10.4 Å². The van der Waals surface area contributed by atoms with Crippen molar-refractivity contribution in [2.45, 2.75) is 13.3 Å². The topological polar surface area (TPSA) is 36.2 Å². The van der Waals surface area contributed by atoms with Crippen LogP contribution in [-0.2, 0) is 0 Å². The SMILES string of the molecule is CCC=NC(=C=N)c1ccccc1. The van der Waals surface area contributed by atoms with E-state index in [0.29, 0.717) is 5.70 Å². The second-order valence-corrected chi connectivity index (χ2v) is 2.56. The molecule has 0 aromatic heterocycles. The summed E-state index contributed by atoms with van der Waals surface area (Å²) in [5.74, 6) is 2.32. The van der Waals surface area contributed by atoms with Crippen LogP contribution in [0, 0.1) is 5.41 Å². The quantitative estimate of drug-likeness (QED) is 0.681. The van der Waals surface area contributed by atoms with Crippen molar-refractivity contribution in [3.8, 4) is 0 Å². The van der Waals surface area contributed by atoms with Crippen LogP contribution in [0.3, 0.4) is 0 Å². The van der Waals surface area contributed by atoms with Gasteiger partial charge in [-0.15, -0.1) is 0 Å². The molecule has 0 aliphatic rings. The number of rotatable bonds is 3. The maximum absolute atomic E-state index is 7.08. The summed E-state index contributed by atoms with van der Waals surface area (Å²) >= 11 is 0. The third-order valence-corrected chi connectivity index (χ3v) is 1.57. The van der Waals surface area contributed by atoms with Crippen LogP contribution in [0.1, 0.15) is 18.9 Å². The summed E-state index contributed by atoms with van der Waals surface area (Å²) in [6.45, 7) is 2.01. The van der Waals surface area contributed by atoms with E-state index in [0.717, 1.165) is 12.0 Å². The molecule has 0 atom stereocenters. The highest BCUT2D eigenvalue weighted by Crippen LogP contribution is 2.11. The molecule has 1 rings (SSSR count). The lowest BCUT2D eigenvalue weighted by atomic mass is 10.2. The highest BCUT2D eigenvalue weighted by molar-refractivity contribution is 5.90. The molecule has 0 bridgehead atoms. The zero-order chi connectivity index (χ0) is 9.52. The maximum atomic E-state index is 7.08. The van der Waals surface area contributed by atoms with E-state index in [1.807, 2.05) is 37.3 Å². The third kappa shape index (κ3) is 2.69. The minimum absolute atomic E-state index is 0.586. The van der Waals surface area contributed by atoms with Gasteiger partial charge in [-0.05, 0) is 6.42 Å². The van der Waals surface area contributed by atoms with E-state index in [1.54, 1.807) is 6.21 Å². The molecule has 0 aliphatic carbocycles. The van der Waals surface area contributed by atoms with Gasteiger partial charge >= 0.3 is 0 Å². The number of hydrogen-bond donors (Lipinski definition) is 1. The molecule has 1 aromatic carbocycles. The number of hydrogen-bond acceptors (Lipinski definition) is 2. The van der Waals surface area contributed by atoms with Gasteiger partial charge in [0, 0.05) is 17.6 Å². The summed E-state index contributed by atoms with van der Waals surface area (Å²) in [4.78, 5) is 4.12. The fourth-order valence-corrected chi connectivity index (χ4v) is 0.958. The predicted octanol–water partition coefficient (Wildman–Crippen LogP) is 2.76. The average molecular weight is 172 g/mol. The van der Waals surface area contributed by atoms with Crippen LogP contribution in [0.25, 0.3) is 5.70 Å². The average Bonchev–Trinajstić information content (AvgIpc) is 2.21. The van der Waals surface area contributed by atoms with Crippen LogP contribution in [0.5, 0.6) is 0 Å². The summed E-state index contributed by atoms with van der Waals surface area (Å²) in [5, 5.41) is 7.08. The summed E-state index contributed by atoms with van der Waals surface area (Å²) in [6.07, 6.45) is 2.65. The lowest BCUT2D eigenvalue weighted by molar-refractivity contribution is 1.32. The van der Waals surface area contributed by atoms with Gasteiger partial charge in [0.15, 0.2) is 0 Å². The standard InChI is InChI=1S/C11H12N2/c1-2-8-13-11(9-12)10-6-4-3-5-7-10/h3-8,12H,2H2,1H3. The molecule has 0 unspecified atom stereocenters. The van der Waals surface area contributed by atoms with Crippen molar-refractivity contribution in [2.24, 2.45) is 4.99 Å². The van der Waals surface area contributed by atoms with Gasteiger partial charge in [-0.2, -0.15) is 0 Å². The summed E-state index contributed by atoms with van der Waals surface area (Å²) in [5.41, 5.74) is 1.52. The van der Waals surface area contributed by atoms with E-state index < -0.39 is 0 Å². The second kappa shape index (κ2) is 5.07. The van der Waals surface area contributed by atoms with Crippen LogP contribution in [-0.4, -0.2) is 12.1 Å². The van der Waals surface area contributed by atoms with Crippen molar-refractivity contribution >= 4 is 17.8 Å². The smallest absolute Gasteiger partial charge is 0.130 e. The Morgan fingerprint density at radius 3 is 2.69 bits per heavy atom. The summed E-state index contributed by atoms with van der Waals surface area (Å²) in [6, 6.07) is 9.63. The maximum Gasteiger partial charge on any atom is 0.130 e. The highest BCUT2D eigenvalue weighted by atomic mass is 14.7. The van der Waals surface area contributed by atoms with Crippen molar-refractivity contribution in [1.82, 2.24) is 0 Å². The molecule has 13 heavy (non-hydrogen) atoms. The van der Waals surface area contributed by atoms with E-state index in [2.05, 4.69) is 10.9 Å². The van der Waals surface area contributed by atoms with Crippen molar-refractivity contribution in [1.29, 1.82) is 5.41 Å². The Morgan fingerprint density at radius 2 is 2.15 bits per heavy atom. The molecule has 1 N–H and O–H groups in total. The first-order valence-electron chi connectivity index (χ1n) is 4.26. The molecule has 0 aliphatic heterocycles. The molecule has 0 radical (unpaired) electrons. The van der Waals surface area contributed by atoms with Gasteiger partial charge in [-0.25, -0.2) is 0 Å². The Hall–Kier alpha value is -1.66. The highest BCUT2D eigenvalue weighted by Gasteiger charge is 1.95.